The third-order valence-corrected chi connectivity index (χ3v) is 9.12. The number of piperidine rings is 1. The molecule has 7 rings (SSSR count). The Morgan fingerprint density at radius 2 is 1.91 bits per heavy atom. The highest BCUT2D eigenvalue weighted by molar-refractivity contribution is 5.94. The minimum Gasteiger partial charge on any atom is -0.379 e. The van der Waals surface area contributed by atoms with Gasteiger partial charge in [0.15, 0.2) is 6.04 Å². The molecule has 0 bridgehead atoms. The molecule has 3 aliphatic rings. The van der Waals surface area contributed by atoms with Crippen molar-refractivity contribution in [2.24, 2.45) is 12.8 Å². The molecule has 2 fully saturated rings. The molecule has 1 amide bonds. The molecule has 232 valence electrons. The summed E-state index contributed by atoms with van der Waals surface area (Å²) >= 11 is 0. The summed E-state index contributed by atoms with van der Waals surface area (Å²) in [6.07, 6.45) is 13.6. The van der Waals surface area contributed by atoms with Crippen LogP contribution in [0.2, 0.25) is 0 Å². The second-order valence-electron chi connectivity index (χ2n) is 11.9. The Morgan fingerprint density at radius 3 is 2.62 bits per heavy atom. The number of carbonyl (C=O) groups is 1. The Morgan fingerprint density at radius 1 is 1.09 bits per heavy atom. The zero-order chi connectivity index (χ0) is 31.0. The fourth-order valence-electron chi connectivity index (χ4n) is 6.78. The van der Waals surface area contributed by atoms with Crippen LogP contribution < -0.4 is 10.6 Å². The number of primary amides is 1. The first-order chi connectivity index (χ1) is 21.9. The smallest absolute Gasteiger partial charge is 0.247 e. The van der Waals surface area contributed by atoms with E-state index in [1.54, 1.807) is 23.2 Å². The summed E-state index contributed by atoms with van der Waals surface area (Å²) in [5.74, 6) is -0.343. The van der Waals surface area contributed by atoms with E-state index in [4.69, 9.17) is 20.4 Å². The summed E-state index contributed by atoms with van der Waals surface area (Å²) in [6.45, 7) is 4.99. The number of aryl methyl sites for hydroxylation is 1. The lowest BCUT2D eigenvalue weighted by atomic mass is 9.82. The quantitative estimate of drug-likeness (QED) is 0.337. The molecule has 0 aromatic carbocycles. The Bertz CT molecular complexity index is 1760. The monoisotopic (exact) mass is 609 g/mol. The molecule has 3 aliphatic heterocycles. The number of fused-ring (bicyclic) bond motifs is 1. The number of ether oxygens (including phenoxy) is 1. The first-order valence-electron chi connectivity index (χ1n) is 15.3. The average molecular weight is 610 g/mol. The van der Waals surface area contributed by atoms with Gasteiger partial charge in [0.05, 0.1) is 41.9 Å². The van der Waals surface area contributed by atoms with Gasteiger partial charge in [-0.15, -0.1) is 0 Å². The maximum absolute atomic E-state index is 15.0. The van der Waals surface area contributed by atoms with Crippen LogP contribution in [-0.2, 0) is 16.6 Å². The van der Waals surface area contributed by atoms with Gasteiger partial charge >= 0.3 is 0 Å². The zero-order valence-electron chi connectivity index (χ0n) is 25.2. The van der Waals surface area contributed by atoms with E-state index in [-0.39, 0.29) is 0 Å². The van der Waals surface area contributed by atoms with Gasteiger partial charge in [-0.1, -0.05) is 0 Å². The zero-order valence-corrected chi connectivity index (χ0v) is 25.2. The van der Waals surface area contributed by atoms with E-state index in [0.29, 0.717) is 45.7 Å². The number of nitrogens with zero attached hydrogens (tertiary/aromatic N) is 8. The number of pyridine rings is 3. The van der Waals surface area contributed by atoms with Crippen LogP contribution in [0.1, 0.15) is 12.8 Å². The Hall–Kier alpha value is -4.68. The molecule has 45 heavy (non-hydrogen) atoms. The van der Waals surface area contributed by atoms with Crippen LogP contribution in [0.5, 0.6) is 0 Å². The molecule has 4 aromatic rings. The number of allylic oxidation sites excluding steroid dienone is 2. The SMILES string of the molecule is Cn1cc(-c2cc3ncccc3c(-c3ccc(N4CCC(CN5CCOCC5)(N5C=CC=C(F)C5C(N)=O)CC4)nc3)n2)cn1. The van der Waals surface area contributed by atoms with Crippen molar-refractivity contribution in [2.75, 3.05) is 50.8 Å². The Balaban J connectivity index is 1.15. The highest BCUT2D eigenvalue weighted by Crippen LogP contribution is 2.37. The third-order valence-electron chi connectivity index (χ3n) is 9.12. The molecule has 12 heteroatoms. The lowest BCUT2D eigenvalue weighted by Crippen LogP contribution is -2.64. The topological polar surface area (TPSA) is 119 Å². The van der Waals surface area contributed by atoms with Gasteiger partial charge in [0.2, 0.25) is 5.91 Å². The summed E-state index contributed by atoms with van der Waals surface area (Å²) < 4.78 is 22.3. The minimum absolute atomic E-state index is 0.474. The van der Waals surface area contributed by atoms with Crippen molar-refractivity contribution < 1.29 is 13.9 Å². The van der Waals surface area contributed by atoms with E-state index in [1.165, 1.54) is 6.08 Å². The predicted molar refractivity (Wildman–Crippen MR) is 170 cm³/mol. The van der Waals surface area contributed by atoms with Crippen LogP contribution in [0.25, 0.3) is 33.4 Å². The van der Waals surface area contributed by atoms with E-state index in [9.17, 15) is 9.18 Å². The van der Waals surface area contributed by atoms with Crippen molar-refractivity contribution in [1.82, 2.24) is 34.5 Å². The second kappa shape index (κ2) is 12.0. The number of hydrogen-bond acceptors (Lipinski definition) is 9. The average Bonchev–Trinajstić information content (AvgIpc) is 3.51. The van der Waals surface area contributed by atoms with Crippen molar-refractivity contribution in [3.05, 3.63) is 79.3 Å². The molecule has 1 unspecified atom stereocenters. The molecule has 7 heterocycles. The molecule has 1 atom stereocenters. The fraction of sp³-hybridized carbons (Fsp3) is 0.364. The Labute approximate surface area is 260 Å². The molecule has 0 saturated carbocycles. The highest BCUT2D eigenvalue weighted by Gasteiger charge is 2.46. The summed E-state index contributed by atoms with van der Waals surface area (Å²) in [5, 5.41) is 5.26. The summed E-state index contributed by atoms with van der Waals surface area (Å²) in [6, 6.07) is 8.89. The summed E-state index contributed by atoms with van der Waals surface area (Å²) in [5.41, 5.74) is 9.54. The van der Waals surface area contributed by atoms with Crippen molar-refractivity contribution >= 4 is 22.6 Å². The van der Waals surface area contributed by atoms with Crippen LogP contribution in [0, 0.1) is 0 Å². The molecule has 0 aliphatic carbocycles. The van der Waals surface area contributed by atoms with Gasteiger partial charge in [0.25, 0.3) is 0 Å². The van der Waals surface area contributed by atoms with E-state index >= 15 is 0 Å². The van der Waals surface area contributed by atoms with Gasteiger partial charge in [-0.25, -0.2) is 14.4 Å². The fourth-order valence-corrected chi connectivity index (χ4v) is 6.78. The molecule has 0 radical (unpaired) electrons. The number of carbonyl (C=O) groups excluding carboxylic acids is 1. The molecule has 4 aromatic heterocycles. The van der Waals surface area contributed by atoms with Crippen molar-refractivity contribution in [1.29, 1.82) is 0 Å². The maximum Gasteiger partial charge on any atom is 0.247 e. The summed E-state index contributed by atoms with van der Waals surface area (Å²) in [4.78, 5) is 33.4. The van der Waals surface area contributed by atoms with E-state index < -0.39 is 23.3 Å². The van der Waals surface area contributed by atoms with Gasteiger partial charge < -0.3 is 20.3 Å². The number of morpholine rings is 1. The third kappa shape index (κ3) is 5.67. The van der Waals surface area contributed by atoms with Gasteiger partial charge in [0, 0.05) is 81.1 Å². The number of hydrogen-bond donors (Lipinski definition) is 1. The van der Waals surface area contributed by atoms with E-state index in [2.05, 4.69) is 25.9 Å². The van der Waals surface area contributed by atoms with E-state index in [0.717, 1.165) is 52.3 Å². The van der Waals surface area contributed by atoms with Crippen LogP contribution in [0.4, 0.5) is 10.2 Å². The number of aromatic nitrogens is 5. The standard InChI is InChI=1S/C33H36FN9O2/c1-40-21-24(20-38-40)27-18-28-25(4-2-10-36-28)30(39-27)23-6-7-29(37-19-23)42-12-8-33(9-13-42,22-41-14-16-45-17-15-41)43-11-3-5-26(34)31(43)32(35)44/h2-7,10-11,18-21,31H,8-9,12-17,22H2,1H3,(H2,35,44). The van der Waals surface area contributed by atoms with E-state index in [1.807, 2.05) is 54.8 Å². The molecule has 2 N–H and O–H groups in total. The predicted octanol–water partition coefficient (Wildman–Crippen LogP) is 3.30. The van der Waals surface area contributed by atoms with Crippen LogP contribution in [-0.4, -0.2) is 98.0 Å². The van der Waals surface area contributed by atoms with Crippen LogP contribution >= 0.6 is 0 Å². The number of halogens is 1. The van der Waals surface area contributed by atoms with Gasteiger partial charge in [-0.3, -0.25) is 19.4 Å². The van der Waals surface area contributed by atoms with Gasteiger partial charge in [-0.05, 0) is 55.3 Å². The maximum atomic E-state index is 15.0. The molecule has 0 spiro atoms. The molecular weight excluding hydrogens is 573 g/mol. The van der Waals surface area contributed by atoms with Gasteiger partial charge in [-0.2, -0.15) is 5.10 Å². The molecule has 2 saturated heterocycles. The van der Waals surface area contributed by atoms with Crippen molar-refractivity contribution in [3.63, 3.8) is 0 Å². The van der Waals surface area contributed by atoms with Crippen LogP contribution in [0.3, 0.4) is 0 Å². The number of amides is 1. The molecule has 11 nitrogen and oxygen atoms in total. The first kappa shape index (κ1) is 29.1. The lowest BCUT2D eigenvalue weighted by molar-refractivity contribution is -0.124. The van der Waals surface area contributed by atoms with Crippen molar-refractivity contribution in [3.8, 4) is 22.5 Å². The normalized spacial score (nSPS) is 20.4. The van der Waals surface area contributed by atoms with Crippen LogP contribution in [0.15, 0.2) is 79.3 Å². The Kier molecular flexibility index (Phi) is 7.76. The largest absolute Gasteiger partial charge is 0.379 e. The number of rotatable bonds is 7. The van der Waals surface area contributed by atoms with Crippen molar-refractivity contribution in [2.45, 2.75) is 24.4 Å². The van der Waals surface area contributed by atoms with Gasteiger partial charge in [0.1, 0.15) is 11.6 Å². The molecular formula is C33H36FN9O2. The lowest BCUT2D eigenvalue weighted by Gasteiger charge is -2.53. The minimum atomic E-state index is -1.11. The number of nitrogens with two attached hydrogens (primary N) is 1. The second-order valence-corrected chi connectivity index (χ2v) is 11.9. The highest BCUT2D eigenvalue weighted by atomic mass is 19.1. The number of anilines is 1. The first-order valence-corrected chi connectivity index (χ1v) is 15.3. The summed E-state index contributed by atoms with van der Waals surface area (Å²) in [7, 11) is 1.88.